The van der Waals surface area contributed by atoms with Crippen molar-refractivity contribution in [1.29, 1.82) is 0 Å². The van der Waals surface area contributed by atoms with Crippen LogP contribution in [0.25, 0.3) is 0 Å². The van der Waals surface area contributed by atoms with Crippen LogP contribution < -0.4 is 5.32 Å². The van der Waals surface area contributed by atoms with Gasteiger partial charge < -0.3 is 29.7 Å². The normalized spacial score (nSPS) is 30.3. The van der Waals surface area contributed by atoms with Crippen LogP contribution in [-0.2, 0) is 19.1 Å². The number of nitrogens with zero attached hydrogens (tertiary/aromatic N) is 5. The summed E-state index contributed by atoms with van der Waals surface area (Å²) < 4.78 is 25.7. The zero-order valence-electron chi connectivity index (χ0n) is 26.0. The second-order valence-electron chi connectivity index (χ2n) is 13.0. The second kappa shape index (κ2) is 11.4. The number of fused-ring (bicyclic) bond motifs is 1. The predicted molar refractivity (Wildman–Crippen MR) is 166 cm³/mol. The van der Waals surface area contributed by atoms with Crippen molar-refractivity contribution in [3.63, 3.8) is 0 Å². The Hall–Kier alpha value is -3.88. The molecule has 0 radical (unpaired) electrons. The number of methoxy groups -OCH3 is 1. The summed E-state index contributed by atoms with van der Waals surface area (Å²) >= 11 is 1.35. The SMILES string of the molecule is CCOC(=O)C1=C(CN2CCN3C(=O)N(C45CC(COC)(C4)C5)C[C@@H]3[C@@H]2C(=O)O)NC(c2nccs2)=NC1c1cccc(F)c1C. The second-order valence-corrected chi connectivity index (χ2v) is 13.9. The minimum atomic E-state index is -1.04. The van der Waals surface area contributed by atoms with Crippen LogP contribution in [0, 0.1) is 18.2 Å². The average Bonchev–Trinajstić information content (AvgIpc) is 3.64. The summed E-state index contributed by atoms with van der Waals surface area (Å²) in [6.45, 7) is 5.12. The van der Waals surface area contributed by atoms with Crippen LogP contribution in [0.3, 0.4) is 0 Å². The van der Waals surface area contributed by atoms with Gasteiger partial charge in [0.25, 0.3) is 0 Å². The molecule has 3 saturated carbocycles. The molecule has 2 amide bonds. The van der Waals surface area contributed by atoms with Crippen LogP contribution in [0.4, 0.5) is 9.18 Å². The van der Waals surface area contributed by atoms with Gasteiger partial charge >= 0.3 is 18.0 Å². The van der Waals surface area contributed by atoms with Crippen LogP contribution in [0.1, 0.15) is 48.4 Å². The van der Waals surface area contributed by atoms with Gasteiger partial charge in [-0.15, -0.1) is 11.3 Å². The number of halogens is 1. The van der Waals surface area contributed by atoms with Crippen molar-refractivity contribution in [2.45, 2.75) is 56.8 Å². The molecule has 1 unspecified atom stereocenters. The molecule has 6 aliphatic rings. The maximum Gasteiger partial charge on any atom is 0.338 e. The fraction of sp³-hybridized carbons (Fsp3) is 0.531. The van der Waals surface area contributed by atoms with Crippen molar-refractivity contribution in [3.05, 3.63) is 63.0 Å². The molecule has 3 aliphatic carbocycles. The molecule has 3 atom stereocenters. The molecule has 0 spiro atoms. The van der Waals surface area contributed by atoms with Gasteiger partial charge in [0.05, 0.1) is 24.8 Å². The van der Waals surface area contributed by atoms with E-state index in [0.29, 0.717) is 47.4 Å². The molecular weight excluding hydrogens is 615 g/mol. The smallest absolute Gasteiger partial charge is 0.338 e. The fourth-order valence-electron chi connectivity index (χ4n) is 8.36. The van der Waals surface area contributed by atoms with E-state index in [1.807, 2.05) is 4.90 Å². The number of carboxylic acids is 1. The summed E-state index contributed by atoms with van der Waals surface area (Å²) in [5.74, 6) is -1.70. The molecule has 2 aromatic rings. The number of aliphatic carboxylic acids is 1. The minimum Gasteiger partial charge on any atom is -0.480 e. The standard InChI is InChI=1S/C32H37FN6O6S/c1-4-45-29(42)23-21(35-26(27-34-8-11-46-27)36-24(23)19-6-5-7-20(33)18(19)2)12-37-9-10-38-22(25(37)28(40)41)13-39(30(38)43)32-14-31(15-32,16-32)17-44-3/h5-8,11,22,24-25H,4,9-10,12-17H2,1-3H3,(H,35,36)(H,40,41)/t22-,24?,25-,31?,32?/m1/s1. The first-order chi connectivity index (χ1) is 22.1. The Balaban J connectivity index is 1.23. The zero-order valence-corrected chi connectivity index (χ0v) is 26.8. The quantitative estimate of drug-likeness (QED) is 0.372. The molecule has 1 aromatic carbocycles. The molecule has 14 heteroatoms. The minimum absolute atomic E-state index is 0.0427. The highest BCUT2D eigenvalue weighted by Gasteiger charge is 2.72. The average molecular weight is 653 g/mol. The first-order valence-corrected chi connectivity index (χ1v) is 16.4. The number of amides is 2. The Kier molecular flexibility index (Phi) is 7.64. The molecule has 2 saturated heterocycles. The number of amidine groups is 1. The van der Waals surface area contributed by atoms with E-state index in [9.17, 15) is 23.9 Å². The number of urea groups is 1. The third-order valence-corrected chi connectivity index (χ3v) is 11.0. The molecule has 1 aromatic heterocycles. The number of carboxylic acid groups (broad SMARTS) is 1. The zero-order chi connectivity index (χ0) is 32.4. The maximum absolute atomic E-state index is 14.8. The Morgan fingerprint density at radius 2 is 2.02 bits per heavy atom. The van der Waals surface area contributed by atoms with Crippen molar-refractivity contribution in [3.8, 4) is 0 Å². The number of carbonyl (C=O) groups excluding carboxylic acids is 2. The molecule has 4 heterocycles. The number of hydrogen-bond donors (Lipinski definition) is 2. The highest BCUT2D eigenvalue weighted by atomic mass is 32.1. The van der Waals surface area contributed by atoms with Gasteiger partial charge in [0.1, 0.15) is 17.9 Å². The van der Waals surface area contributed by atoms with Gasteiger partial charge in [0.15, 0.2) is 10.8 Å². The van der Waals surface area contributed by atoms with Crippen LogP contribution in [0.2, 0.25) is 0 Å². The molecular formula is C32H37FN6O6S. The first kappa shape index (κ1) is 30.8. The van der Waals surface area contributed by atoms with E-state index in [0.717, 1.165) is 19.3 Å². The highest BCUT2D eigenvalue weighted by Crippen LogP contribution is 2.70. The number of nitrogens with one attached hydrogen (secondary N) is 1. The molecule has 5 fully saturated rings. The van der Waals surface area contributed by atoms with Gasteiger partial charge in [-0.05, 0) is 50.3 Å². The Morgan fingerprint density at radius 3 is 2.70 bits per heavy atom. The summed E-state index contributed by atoms with van der Waals surface area (Å²) in [5, 5.41) is 16.2. The summed E-state index contributed by atoms with van der Waals surface area (Å²) in [7, 11) is 1.69. The third kappa shape index (κ3) is 4.80. The van der Waals surface area contributed by atoms with Gasteiger partial charge in [-0.3, -0.25) is 14.7 Å². The largest absolute Gasteiger partial charge is 0.480 e. The number of benzene rings is 1. The Morgan fingerprint density at radius 1 is 1.24 bits per heavy atom. The van der Waals surface area contributed by atoms with E-state index in [1.165, 1.54) is 17.4 Å². The number of esters is 1. The molecule has 12 nitrogen and oxygen atoms in total. The number of piperazine rings is 1. The lowest BCUT2D eigenvalue weighted by Crippen LogP contribution is -2.76. The Labute approximate surface area is 269 Å². The molecule has 2 N–H and O–H groups in total. The lowest BCUT2D eigenvalue weighted by molar-refractivity contribution is -0.222. The highest BCUT2D eigenvalue weighted by molar-refractivity contribution is 7.11. The van der Waals surface area contributed by atoms with Gasteiger partial charge in [-0.1, -0.05) is 12.1 Å². The van der Waals surface area contributed by atoms with Crippen molar-refractivity contribution >= 4 is 35.1 Å². The number of hydrogen-bond acceptors (Lipinski definition) is 10. The topological polar surface area (TPSA) is 137 Å². The van der Waals surface area contributed by atoms with Crippen LogP contribution in [0.15, 0.2) is 46.0 Å². The van der Waals surface area contributed by atoms with Gasteiger partial charge in [-0.25, -0.2) is 19.0 Å². The van der Waals surface area contributed by atoms with E-state index in [2.05, 4.69) is 10.3 Å². The van der Waals surface area contributed by atoms with E-state index in [4.69, 9.17) is 14.5 Å². The van der Waals surface area contributed by atoms with Crippen molar-refractivity contribution in [2.24, 2.45) is 10.4 Å². The number of aromatic nitrogens is 1. The number of ether oxygens (including phenoxy) is 2. The van der Waals surface area contributed by atoms with Crippen molar-refractivity contribution < 1.29 is 33.4 Å². The van der Waals surface area contributed by atoms with E-state index in [-0.39, 0.29) is 42.3 Å². The molecule has 8 rings (SSSR count). The van der Waals surface area contributed by atoms with E-state index < -0.39 is 35.9 Å². The summed E-state index contributed by atoms with van der Waals surface area (Å²) in [5.41, 5.74) is 1.35. The molecule has 46 heavy (non-hydrogen) atoms. The number of rotatable bonds is 10. The first-order valence-electron chi connectivity index (χ1n) is 15.5. The summed E-state index contributed by atoms with van der Waals surface area (Å²) in [6, 6.07) is 2.06. The van der Waals surface area contributed by atoms with Gasteiger partial charge in [0.2, 0.25) is 0 Å². The molecule has 2 bridgehead atoms. The monoisotopic (exact) mass is 652 g/mol. The summed E-state index contributed by atoms with van der Waals surface area (Å²) in [4.78, 5) is 54.9. The van der Waals surface area contributed by atoms with E-state index >= 15 is 0 Å². The van der Waals surface area contributed by atoms with Gasteiger partial charge in [0, 0.05) is 61.5 Å². The summed E-state index contributed by atoms with van der Waals surface area (Å²) in [6.07, 6.45) is 4.27. The molecule has 3 aliphatic heterocycles. The Bertz CT molecular complexity index is 1630. The fourth-order valence-corrected chi connectivity index (χ4v) is 8.94. The molecule has 244 valence electrons. The lowest BCUT2D eigenvalue weighted by atomic mass is 9.39. The number of carbonyl (C=O) groups is 3. The maximum atomic E-state index is 14.8. The number of aliphatic imine (C=N–C) groups is 1. The number of thiazole rings is 1. The predicted octanol–water partition coefficient (Wildman–Crippen LogP) is 2.94. The van der Waals surface area contributed by atoms with Crippen molar-refractivity contribution in [1.82, 2.24) is 25.0 Å². The van der Waals surface area contributed by atoms with E-state index in [1.54, 1.807) is 54.5 Å². The van der Waals surface area contributed by atoms with Crippen LogP contribution in [-0.4, -0.2) is 113 Å². The lowest BCUT2D eigenvalue weighted by Gasteiger charge is -2.73. The van der Waals surface area contributed by atoms with Crippen LogP contribution in [0.5, 0.6) is 0 Å². The van der Waals surface area contributed by atoms with Crippen LogP contribution >= 0.6 is 11.3 Å². The van der Waals surface area contributed by atoms with Gasteiger partial charge in [-0.2, -0.15) is 0 Å². The van der Waals surface area contributed by atoms with Crippen molar-refractivity contribution in [2.75, 3.05) is 46.5 Å². The third-order valence-electron chi connectivity index (χ3n) is 10.2.